The molecule has 1 aliphatic rings. The van der Waals surface area contributed by atoms with Crippen molar-refractivity contribution >= 4 is 7.28 Å². The molecule has 1 saturated heterocycles. The summed E-state index contributed by atoms with van der Waals surface area (Å²) < 4.78 is 0. The van der Waals surface area contributed by atoms with E-state index in [-0.39, 0.29) is 0 Å². The van der Waals surface area contributed by atoms with Gasteiger partial charge < -0.3 is 0 Å². The Morgan fingerprint density at radius 3 is 2.25 bits per heavy atom. The molecular weight excluding hydrogens is 46.8 g/mol. The Bertz CT molecular complexity index is 22.5. The van der Waals surface area contributed by atoms with Gasteiger partial charge in [-0.05, 0) is 0 Å². The van der Waals surface area contributed by atoms with Crippen LogP contribution in [0.4, 0.5) is 0 Å². The summed E-state index contributed by atoms with van der Waals surface area (Å²) in [6.45, 7) is 2.22. The van der Waals surface area contributed by atoms with Gasteiger partial charge in [0.2, 0.25) is 0 Å². The van der Waals surface area contributed by atoms with E-state index in [4.69, 9.17) is 0 Å². The summed E-state index contributed by atoms with van der Waals surface area (Å²) in [6, 6.07) is 0. The van der Waals surface area contributed by atoms with E-state index < -0.39 is 0 Å². The van der Waals surface area contributed by atoms with Gasteiger partial charge >= 0.3 is 0 Å². The van der Waals surface area contributed by atoms with Crippen LogP contribution in [0.25, 0.3) is 0 Å². The molecule has 0 saturated carbocycles. The van der Waals surface area contributed by atoms with E-state index in [9.17, 15) is 0 Å². The van der Waals surface area contributed by atoms with Crippen molar-refractivity contribution in [3.63, 3.8) is 0 Å². The van der Waals surface area contributed by atoms with E-state index >= 15 is 0 Å². The molecule has 1 fully saturated rings. The van der Waals surface area contributed by atoms with E-state index in [0.29, 0.717) is 0 Å². The van der Waals surface area contributed by atoms with Crippen LogP contribution in [-0.4, -0.2) is 7.28 Å². The van der Waals surface area contributed by atoms with Gasteiger partial charge in [-0.15, -0.1) is 0 Å². The summed E-state index contributed by atoms with van der Waals surface area (Å²) in [5.41, 5.74) is 0. The van der Waals surface area contributed by atoms with Crippen LogP contribution in [0.15, 0.2) is 0 Å². The molecule has 1 atom stereocenters. The third kappa shape index (κ3) is 0.249. The van der Waals surface area contributed by atoms with Crippen molar-refractivity contribution in [2.24, 2.45) is 0 Å². The lowest BCUT2D eigenvalue weighted by Gasteiger charge is -1.54. The normalized spacial score (nSPS) is 37.8. The maximum Gasteiger partial charge on any atom is 0.111 e. The zero-order valence-electron chi connectivity index (χ0n) is 2.86. The molecule has 0 N–H and O–H groups in total. The van der Waals surface area contributed by atoms with Gasteiger partial charge in [0.25, 0.3) is 0 Å². The molecule has 0 aromatic rings. The lowest BCUT2D eigenvalue weighted by molar-refractivity contribution is 1.21. The van der Waals surface area contributed by atoms with Crippen LogP contribution >= 0.6 is 0 Å². The summed E-state index contributed by atoms with van der Waals surface area (Å²) in [5.74, 6) is 0.958. The largest absolute Gasteiger partial charge is 0.111 e. The predicted molar refractivity (Wildman–Crippen MR) is 20.0 cm³/mol. The van der Waals surface area contributed by atoms with Crippen molar-refractivity contribution in [2.75, 3.05) is 0 Å². The fourth-order valence-electron chi connectivity index (χ4n) is 0.136. The second-order valence-corrected chi connectivity index (χ2v) is 1.45. The summed E-state index contributed by atoms with van der Waals surface area (Å²) >= 11 is 0. The maximum absolute atomic E-state index is 2.29. The second-order valence-electron chi connectivity index (χ2n) is 1.45. The average molecular weight is 52.9 g/mol. The molecule has 1 aliphatic heterocycles. The molecule has 1 heterocycles. The van der Waals surface area contributed by atoms with E-state index in [2.05, 4.69) is 14.2 Å². The third-order valence-electron chi connectivity index (χ3n) is 0.707. The van der Waals surface area contributed by atoms with Gasteiger partial charge in [-0.1, -0.05) is 19.1 Å². The SMILES string of the molecule is C[C@@H]1[B]C1. The van der Waals surface area contributed by atoms with Gasteiger partial charge in [0.15, 0.2) is 0 Å². The zero-order chi connectivity index (χ0) is 2.99. The van der Waals surface area contributed by atoms with Gasteiger partial charge in [0.05, 0.1) is 0 Å². The van der Waals surface area contributed by atoms with Gasteiger partial charge in [0.1, 0.15) is 7.28 Å². The number of hydrogen-bond acceptors (Lipinski definition) is 0. The molecule has 4 heavy (non-hydrogen) atoms. The molecule has 0 amide bonds. The topological polar surface area (TPSA) is 0 Å². The molecule has 0 bridgehead atoms. The van der Waals surface area contributed by atoms with E-state index in [0.717, 1.165) is 5.82 Å². The fourth-order valence-corrected chi connectivity index (χ4v) is 0.136. The lowest BCUT2D eigenvalue weighted by Crippen LogP contribution is -1.41. The quantitative estimate of drug-likeness (QED) is 0.360. The van der Waals surface area contributed by atoms with Crippen LogP contribution in [0, 0.1) is 0 Å². The van der Waals surface area contributed by atoms with Gasteiger partial charge in [0, 0.05) is 0 Å². The first kappa shape index (κ1) is 2.31. The standard InChI is InChI=1S/C3H6B/c1-3-2-4-3/h3H,2H2,1H3/t3-/m0/s1. The molecule has 0 aromatic carbocycles. The van der Waals surface area contributed by atoms with Crippen LogP contribution in [0.3, 0.4) is 0 Å². The van der Waals surface area contributed by atoms with Crippen LogP contribution in [0.2, 0.25) is 12.1 Å². The van der Waals surface area contributed by atoms with Crippen LogP contribution in [0.1, 0.15) is 6.92 Å². The summed E-state index contributed by atoms with van der Waals surface area (Å²) in [7, 11) is 2.29. The summed E-state index contributed by atoms with van der Waals surface area (Å²) in [5, 5.41) is 0. The second kappa shape index (κ2) is 0.509. The molecule has 21 valence electrons. The minimum absolute atomic E-state index is 0.958. The minimum Gasteiger partial charge on any atom is -0.0844 e. The minimum atomic E-state index is 0.958. The highest BCUT2D eigenvalue weighted by atomic mass is 13.9. The summed E-state index contributed by atoms with van der Waals surface area (Å²) in [6.07, 6.45) is 1.36. The van der Waals surface area contributed by atoms with Gasteiger partial charge in [-0.25, -0.2) is 0 Å². The Morgan fingerprint density at radius 1 is 2.00 bits per heavy atom. The van der Waals surface area contributed by atoms with Crippen LogP contribution in [0.5, 0.6) is 0 Å². The maximum atomic E-state index is 2.29. The van der Waals surface area contributed by atoms with Crippen LogP contribution in [-0.2, 0) is 0 Å². The highest BCUT2D eigenvalue weighted by molar-refractivity contribution is 6.50. The highest BCUT2D eigenvalue weighted by Crippen LogP contribution is 2.24. The first-order valence-electron chi connectivity index (χ1n) is 1.73. The van der Waals surface area contributed by atoms with E-state index in [1.165, 1.54) is 6.32 Å². The molecular formula is C3H6B. The Morgan fingerprint density at radius 2 is 2.25 bits per heavy atom. The molecule has 0 aliphatic carbocycles. The van der Waals surface area contributed by atoms with E-state index in [1.807, 2.05) is 0 Å². The summed E-state index contributed by atoms with van der Waals surface area (Å²) in [4.78, 5) is 0. The molecule has 0 unspecified atom stereocenters. The van der Waals surface area contributed by atoms with Crippen molar-refractivity contribution in [2.45, 2.75) is 19.1 Å². The molecule has 1 radical (unpaired) electrons. The highest BCUT2D eigenvalue weighted by Gasteiger charge is 2.15. The Labute approximate surface area is 27.5 Å². The first-order valence-corrected chi connectivity index (χ1v) is 1.73. The smallest absolute Gasteiger partial charge is 0.0844 e. The number of rotatable bonds is 0. The third-order valence-corrected chi connectivity index (χ3v) is 0.707. The monoisotopic (exact) mass is 53.1 g/mol. The molecule has 0 aromatic heterocycles. The lowest BCUT2D eigenvalue weighted by atomic mass is 10.0. The molecule has 1 rings (SSSR count). The first-order chi connectivity index (χ1) is 1.89. The van der Waals surface area contributed by atoms with Crippen molar-refractivity contribution in [1.82, 2.24) is 0 Å². The average Bonchev–Trinajstić information content (AvgIpc) is 1.75. The molecule has 0 spiro atoms. The predicted octanol–water partition coefficient (Wildman–Crippen LogP) is 0.931. The Hall–Kier alpha value is 0.0649. The fraction of sp³-hybridized carbons (Fsp3) is 1.00. The van der Waals surface area contributed by atoms with E-state index in [1.54, 1.807) is 0 Å². The van der Waals surface area contributed by atoms with Crippen molar-refractivity contribution in [1.29, 1.82) is 0 Å². The van der Waals surface area contributed by atoms with Gasteiger partial charge in [-0.3, -0.25) is 0 Å². The van der Waals surface area contributed by atoms with Crippen molar-refractivity contribution < 1.29 is 0 Å². The molecule has 0 nitrogen and oxygen atoms in total. The molecule has 1 heteroatoms. The Balaban J connectivity index is 2.17. The van der Waals surface area contributed by atoms with Crippen molar-refractivity contribution in [3.8, 4) is 0 Å². The van der Waals surface area contributed by atoms with Crippen molar-refractivity contribution in [3.05, 3.63) is 0 Å². The zero-order valence-corrected chi connectivity index (χ0v) is 2.86. The number of hydrogen-bond donors (Lipinski definition) is 0. The van der Waals surface area contributed by atoms with Crippen LogP contribution < -0.4 is 0 Å². The van der Waals surface area contributed by atoms with Gasteiger partial charge in [-0.2, -0.15) is 0 Å². The Kier molecular flexibility index (Phi) is 0.294.